The Morgan fingerprint density at radius 1 is 1.07 bits per heavy atom. The minimum absolute atomic E-state index is 0.140. The fourth-order valence-electron chi connectivity index (χ4n) is 4.74. The first kappa shape index (κ1) is 20.7. The van der Waals surface area contributed by atoms with Crippen LogP contribution in [0.5, 0.6) is 0 Å². The molecule has 2 amide bonds. The molecule has 1 aliphatic carbocycles. The average molecular weight is 428 g/mol. The number of urea groups is 1. The normalized spacial score (nSPS) is 26.8. The van der Waals surface area contributed by atoms with Gasteiger partial charge in [0.05, 0.1) is 11.3 Å². The summed E-state index contributed by atoms with van der Waals surface area (Å²) in [6.07, 6.45) is 3.05. The fourth-order valence-corrected chi connectivity index (χ4v) is 4.93. The van der Waals surface area contributed by atoms with E-state index in [-0.39, 0.29) is 17.1 Å². The number of anilines is 1. The van der Waals surface area contributed by atoms with Crippen LogP contribution in [-0.2, 0) is 5.54 Å². The van der Waals surface area contributed by atoms with Gasteiger partial charge in [0.1, 0.15) is 0 Å². The lowest BCUT2D eigenvalue weighted by atomic mass is 9.70. The molecule has 4 rings (SSSR count). The third-order valence-electron chi connectivity index (χ3n) is 6.70. The molecule has 158 valence electrons. The van der Waals surface area contributed by atoms with Crippen molar-refractivity contribution in [2.45, 2.75) is 43.7 Å². The van der Waals surface area contributed by atoms with Crippen molar-refractivity contribution >= 4 is 29.3 Å². The number of hydrogen-bond acceptors (Lipinski definition) is 3. The molecule has 2 aromatic rings. The van der Waals surface area contributed by atoms with Crippen LogP contribution in [0.25, 0.3) is 0 Å². The van der Waals surface area contributed by atoms with E-state index >= 15 is 0 Å². The van der Waals surface area contributed by atoms with Gasteiger partial charge in [0.15, 0.2) is 0 Å². The summed E-state index contributed by atoms with van der Waals surface area (Å²) in [4.78, 5) is 28.3. The monoisotopic (exact) mass is 427 g/mol. The van der Waals surface area contributed by atoms with Gasteiger partial charge in [-0.2, -0.15) is 0 Å². The molecule has 1 saturated carbocycles. The van der Waals surface area contributed by atoms with Gasteiger partial charge in [-0.05, 0) is 62.4 Å². The van der Waals surface area contributed by atoms with Crippen molar-refractivity contribution in [3.8, 4) is 0 Å². The number of halogens is 1. The molecule has 0 bridgehead atoms. The minimum atomic E-state index is -1.03. The molecule has 0 radical (unpaired) electrons. The molecule has 7 heteroatoms. The number of carboxylic acids is 1. The number of carboxylic acid groups (broad SMARTS) is 1. The Balaban J connectivity index is 1.52. The van der Waals surface area contributed by atoms with Gasteiger partial charge in [0, 0.05) is 29.2 Å². The molecule has 3 N–H and O–H groups in total. The SMILES string of the molecule is CC1(N2CCN(c3ccccc3C(=O)O)C2=O)CCC(N)(c2cccc(Cl)c2)CC1. The molecule has 2 aliphatic rings. The Bertz CT molecular complexity index is 985. The van der Waals surface area contributed by atoms with E-state index in [1.165, 1.54) is 6.07 Å². The van der Waals surface area contributed by atoms with Crippen molar-refractivity contribution in [1.82, 2.24) is 4.90 Å². The second-order valence-electron chi connectivity index (χ2n) is 8.57. The minimum Gasteiger partial charge on any atom is -0.478 e. The largest absolute Gasteiger partial charge is 0.478 e. The first-order chi connectivity index (χ1) is 14.2. The molecule has 0 unspecified atom stereocenters. The highest BCUT2D eigenvalue weighted by Crippen LogP contribution is 2.44. The van der Waals surface area contributed by atoms with Crippen LogP contribution in [0.1, 0.15) is 48.5 Å². The molecule has 1 saturated heterocycles. The number of nitrogens with zero attached hydrogens (tertiary/aromatic N) is 2. The van der Waals surface area contributed by atoms with Gasteiger partial charge in [-0.15, -0.1) is 0 Å². The molecule has 0 spiro atoms. The summed E-state index contributed by atoms with van der Waals surface area (Å²) < 4.78 is 0. The van der Waals surface area contributed by atoms with E-state index < -0.39 is 11.5 Å². The predicted molar refractivity (Wildman–Crippen MR) is 117 cm³/mol. The Hall–Kier alpha value is -2.57. The Morgan fingerprint density at radius 2 is 1.77 bits per heavy atom. The Labute approximate surface area is 181 Å². The molecular weight excluding hydrogens is 402 g/mol. The average Bonchev–Trinajstić information content (AvgIpc) is 3.12. The van der Waals surface area contributed by atoms with Crippen molar-refractivity contribution in [3.05, 3.63) is 64.7 Å². The van der Waals surface area contributed by atoms with Crippen LogP contribution in [0, 0.1) is 0 Å². The van der Waals surface area contributed by atoms with Gasteiger partial charge in [-0.1, -0.05) is 35.9 Å². The molecular formula is C23H26ClN3O3. The number of nitrogens with two attached hydrogens (primary N) is 1. The standard InChI is InChI=1S/C23H26ClN3O3/c1-22(9-11-23(25,12-10-22)16-5-4-6-17(24)15-16)27-14-13-26(21(27)30)19-8-3-2-7-18(19)20(28)29/h2-8,15H,9-14,25H2,1H3,(H,28,29). The van der Waals surface area contributed by atoms with Crippen molar-refractivity contribution in [1.29, 1.82) is 0 Å². The number of carbonyl (C=O) groups excluding carboxylic acids is 1. The van der Waals surface area contributed by atoms with Gasteiger partial charge in [-0.3, -0.25) is 4.90 Å². The van der Waals surface area contributed by atoms with E-state index in [1.807, 2.05) is 29.2 Å². The molecule has 1 aliphatic heterocycles. The highest BCUT2D eigenvalue weighted by Gasteiger charge is 2.47. The zero-order chi connectivity index (χ0) is 21.5. The maximum Gasteiger partial charge on any atom is 0.337 e. The number of amides is 2. The van der Waals surface area contributed by atoms with E-state index in [9.17, 15) is 14.7 Å². The first-order valence-electron chi connectivity index (χ1n) is 10.2. The van der Waals surface area contributed by atoms with Crippen molar-refractivity contribution in [2.24, 2.45) is 5.73 Å². The maximum atomic E-state index is 13.3. The summed E-state index contributed by atoms with van der Waals surface area (Å²) in [7, 11) is 0. The number of rotatable bonds is 4. The molecule has 2 aromatic carbocycles. The lowest BCUT2D eigenvalue weighted by Gasteiger charge is -2.47. The summed E-state index contributed by atoms with van der Waals surface area (Å²) >= 11 is 6.16. The second-order valence-corrected chi connectivity index (χ2v) is 9.01. The van der Waals surface area contributed by atoms with Gasteiger partial charge < -0.3 is 15.7 Å². The van der Waals surface area contributed by atoms with Gasteiger partial charge >= 0.3 is 12.0 Å². The van der Waals surface area contributed by atoms with Gasteiger partial charge in [0.25, 0.3) is 0 Å². The lowest BCUT2D eigenvalue weighted by Crippen LogP contribution is -2.54. The van der Waals surface area contributed by atoms with Crippen molar-refractivity contribution in [2.75, 3.05) is 18.0 Å². The quantitative estimate of drug-likeness (QED) is 0.753. The van der Waals surface area contributed by atoms with E-state index in [0.717, 1.165) is 31.2 Å². The summed E-state index contributed by atoms with van der Waals surface area (Å²) in [6, 6.07) is 14.2. The van der Waals surface area contributed by atoms with Crippen molar-refractivity contribution < 1.29 is 14.7 Å². The third kappa shape index (κ3) is 3.55. The van der Waals surface area contributed by atoms with Gasteiger partial charge in [0.2, 0.25) is 0 Å². The molecule has 1 heterocycles. The van der Waals surface area contributed by atoms with Crippen LogP contribution < -0.4 is 10.6 Å². The summed E-state index contributed by atoms with van der Waals surface area (Å²) in [5.41, 5.74) is 7.59. The highest BCUT2D eigenvalue weighted by atomic mass is 35.5. The first-order valence-corrected chi connectivity index (χ1v) is 10.6. The topological polar surface area (TPSA) is 86.9 Å². The fraction of sp³-hybridized carbons (Fsp3) is 0.391. The van der Waals surface area contributed by atoms with Crippen LogP contribution in [0.4, 0.5) is 10.5 Å². The molecule has 0 aromatic heterocycles. The molecule has 0 atom stereocenters. The predicted octanol–water partition coefficient (Wildman–Crippen LogP) is 4.47. The summed E-state index contributed by atoms with van der Waals surface area (Å²) in [6.45, 7) is 3.15. The number of aromatic carboxylic acids is 1. The second kappa shape index (κ2) is 7.60. The van der Waals surface area contributed by atoms with Crippen LogP contribution in [0.2, 0.25) is 5.02 Å². The molecule has 30 heavy (non-hydrogen) atoms. The Kier molecular flexibility index (Phi) is 5.24. The number of para-hydroxylation sites is 1. The molecule has 2 fully saturated rings. The maximum absolute atomic E-state index is 13.3. The van der Waals surface area contributed by atoms with Crippen LogP contribution in [-0.4, -0.2) is 40.6 Å². The molecule has 6 nitrogen and oxygen atoms in total. The number of benzene rings is 2. The summed E-state index contributed by atoms with van der Waals surface area (Å²) in [5.74, 6) is -1.03. The number of hydrogen-bond donors (Lipinski definition) is 2. The number of carbonyl (C=O) groups is 2. The van der Waals surface area contributed by atoms with Crippen molar-refractivity contribution in [3.63, 3.8) is 0 Å². The van der Waals surface area contributed by atoms with E-state index in [2.05, 4.69) is 6.92 Å². The van der Waals surface area contributed by atoms with Crippen LogP contribution >= 0.6 is 11.6 Å². The third-order valence-corrected chi connectivity index (χ3v) is 6.94. The zero-order valence-corrected chi connectivity index (χ0v) is 17.7. The van der Waals surface area contributed by atoms with E-state index in [4.69, 9.17) is 17.3 Å². The summed E-state index contributed by atoms with van der Waals surface area (Å²) in [5, 5.41) is 10.2. The Morgan fingerprint density at radius 3 is 2.43 bits per heavy atom. The van der Waals surface area contributed by atoms with Crippen LogP contribution in [0.3, 0.4) is 0 Å². The van der Waals surface area contributed by atoms with E-state index in [1.54, 1.807) is 23.1 Å². The zero-order valence-electron chi connectivity index (χ0n) is 17.0. The highest BCUT2D eigenvalue weighted by molar-refractivity contribution is 6.30. The smallest absolute Gasteiger partial charge is 0.337 e. The van der Waals surface area contributed by atoms with Gasteiger partial charge in [-0.25, -0.2) is 9.59 Å². The van der Waals surface area contributed by atoms with Crippen LogP contribution in [0.15, 0.2) is 48.5 Å². The lowest BCUT2D eigenvalue weighted by molar-refractivity contribution is 0.0697. The van der Waals surface area contributed by atoms with E-state index in [0.29, 0.717) is 23.8 Å².